The molecule has 1 saturated heterocycles. The molecule has 0 aromatic carbocycles. The highest BCUT2D eigenvalue weighted by Crippen LogP contribution is 2.36. The number of hydrogen-bond donors (Lipinski definition) is 2. The first-order chi connectivity index (χ1) is 14.4. The van der Waals surface area contributed by atoms with Gasteiger partial charge < -0.3 is 20.3 Å². The summed E-state index contributed by atoms with van der Waals surface area (Å²) in [5.41, 5.74) is 3.70. The molecule has 8 nitrogen and oxygen atoms in total. The van der Waals surface area contributed by atoms with Crippen LogP contribution in [0.4, 0.5) is 17.2 Å². The molecule has 1 fully saturated rings. The molecule has 4 heterocycles. The highest BCUT2D eigenvalue weighted by atomic mass is 16.5. The minimum atomic E-state index is -0.188. The Labute approximate surface area is 178 Å². The maximum absolute atomic E-state index is 12.5. The lowest BCUT2D eigenvalue weighted by molar-refractivity contribution is -0.118. The number of anilines is 3. The average Bonchev–Trinajstić information content (AvgIpc) is 3.15. The van der Waals surface area contributed by atoms with E-state index < -0.39 is 0 Å². The molecular formula is C22H32N6O2. The Morgan fingerprint density at radius 1 is 1.37 bits per heavy atom. The summed E-state index contributed by atoms with van der Waals surface area (Å²) in [5, 5.41) is 10.9. The van der Waals surface area contributed by atoms with Gasteiger partial charge in [-0.15, -0.1) is 0 Å². The molecular weight excluding hydrogens is 380 g/mol. The maximum Gasteiger partial charge on any atom is 0.247 e. The van der Waals surface area contributed by atoms with Gasteiger partial charge in [0.05, 0.1) is 35.9 Å². The minimum Gasteiger partial charge on any atom is -0.376 e. The van der Waals surface area contributed by atoms with Gasteiger partial charge in [0, 0.05) is 38.0 Å². The molecule has 2 aliphatic heterocycles. The summed E-state index contributed by atoms with van der Waals surface area (Å²) < 4.78 is 7.78. The largest absolute Gasteiger partial charge is 0.376 e. The third-order valence-corrected chi connectivity index (χ3v) is 5.95. The number of rotatable bonds is 6. The molecule has 2 aliphatic rings. The van der Waals surface area contributed by atoms with Gasteiger partial charge in [-0.2, -0.15) is 5.10 Å². The highest BCUT2D eigenvalue weighted by Gasteiger charge is 2.34. The number of ether oxygens (including phenoxy) is 1. The summed E-state index contributed by atoms with van der Waals surface area (Å²) in [6.07, 6.45) is 7.72. The van der Waals surface area contributed by atoms with Crippen molar-refractivity contribution in [3.63, 3.8) is 0 Å². The number of aryl methyl sites for hydroxylation is 1. The van der Waals surface area contributed by atoms with Crippen molar-refractivity contribution < 1.29 is 9.53 Å². The van der Waals surface area contributed by atoms with Gasteiger partial charge in [-0.1, -0.05) is 13.8 Å². The van der Waals surface area contributed by atoms with Gasteiger partial charge in [0.2, 0.25) is 5.91 Å². The van der Waals surface area contributed by atoms with E-state index in [-0.39, 0.29) is 24.0 Å². The number of amides is 1. The summed E-state index contributed by atoms with van der Waals surface area (Å²) in [6.45, 7) is 8.36. The van der Waals surface area contributed by atoms with Crippen molar-refractivity contribution in [2.24, 2.45) is 5.92 Å². The first kappa shape index (κ1) is 20.7. The van der Waals surface area contributed by atoms with Crippen LogP contribution in [0.2, 0.25) is 0 Å². The average molecular weight is 413 g/mol. The van der Waals surface area contributed by atoms with Crippen LogP contribution in [0, 0.1) is 12.8 Å². The minimum absolute atomic E-state index is 0.0277. The first-order valence-corrected chi connectivity index (χ1v) is 10.8. The third-order valence-electron chi connectivity index (χ3n) is 5.95. The fourth-order valence-electron chi connectivity index (χ4n) is 4.40. The molecule has 2 atom stereocenters. The van der Waals surface area contributed by atoms with E-state index in [1.165, 1.54) is 6.42 Å². The van der Waals surface area contributed by atoms with Crippen molar-refractivity contribution >= 4 is 23.1 Å². The molecule has 0 spiro atoms. The Kier molecular flexibility index (Phi) is 5.94. The molecule has 4 rings (SSSR count). The number of fused-ring (bicyclic) bond motifs is 1. The number of nitrogens with zero attached hydrogens (tertiary/aromatic N) is 4. The smallest absolute Gasteiger partial charge is 0.247 e. The SMILES string of the molecule is Cc1nc(NCc2cnn(CC3CCCCO3)c2)cc2c1NC(=O)C(C(C)C)N2C. The van der Waals surface area contributed by atoms with Gasteiger partial charge in [-0.25, -0.2) is 4.98 Å². The van der Waals surface area contributed by atoms with E-state index in [0.717, 1.165) is 54.4 Å². The van der Waals surface area contributed by atoms with Crippen LogP contribution >= 0.6 is 0 Å². The van der Waals surface area contributed by atoms with Crippen molar-refractivity contribution in [2.75, 3.05) is 29.2 Å². The van der Waals surface area contributed by atoms with Crippen molar-refractivity contribution in [1.29, 1.82) is 0 Å². The summed E-state index contributed by atoms with van der Waals surface area (Å²) in [5.74, 6) is 1.03. The molecule has 0 saturated carbocycles. The van der Waals surface area contributed by atoms with Crippen LogP contribution in [0.1, 0.15) is 44.4 Å². The lowest BCUT2D eigenvalue weighted by Crippen LogP contribution is -2.49. The molecule has 2 unspecified atom stereocenters. The summed E-state index contributed by atoms with van der Waals surface area (Å²) in [6, 6.07) is 1.82. The Morgan fingerprint density at radius 3 is 2.93 bits per heavy atom. The van der Waals surface area contributed by atoms with Gasteiger partial charge in [0.25, 0.3) is 0 Å². The molecule has 2 aromatic rings. The quantitative estimate of drug-likeness (QED) is 0.758. The lowest BCUT2D eigenvalue weighted by Gasteiger charge is -2.38. The normalized spacial score (nSPS) is 21.5. The predicted octanol–water partition coefficient (Wildman–Crippen LogP) is 3.18. The van der Waals surface area contributed by atoms with E-state index in [4.69, 9.17) is 4.74 Å². The second kappa shape index (κ2) is 8.63. The number of hydrogen-bond acceptors (Lipinski definition) is 6. The summed E-state index contributed by atoms with van der Waals surface area (Å²) in [7, 11) is 1.98. The van der Waals surface area contributed by atoms with Crippen LogP contribution < -0.4 is 15.5 Å². The number of likely N-dealkylation sites (N-methyl/N-ethyl adjacent to an activating group) is 1. The fraction of sp³-hybridized carbons (Fsp3) is 0.591. The molecule has 0 aliphatic carbocycles. The van der Waals surface area contributed by atoms with E-state index in [0.29, 0.717) is 6.54 Å². The molecule has 0 radical (unpaired) electrons. The molecule has 30 heavy (non-hydrogen) atoms. The number of nitrogens with one attached hydrogen (secondary N) is 2. The number of pyridine rings is 1. The van der Waals surface area contributed by atoms with E-state index >= 15 is 0 Å². The standard InChI is InChI=1S/C22H32N6O2/c1-14(2)21-22(29)26-20-15(3)25-19(9-18(20)27(21)4)23-10-16-11-24-28(12-16)13-17-7-5-6-8-30-17/h9,11-12,14,17,21H,5-8,10,13H2,1-4H3,(H,23,25)(H,26,29). The maximum atomic E-state index is 12.5. The molecule has 162 valence electrons. The van der Waals surface area contributed by atoms with Gasteiger partial charge in [0.15, 0.2) is 0 Å². The summed E-state index contributed by atoms with van der Waals surface area (Å²) in [4.78, 5) is 19.2. The Hall–Kier alpha value is -2.61. The van der Waals surface area contributed by atoms with Gasteiger partial charge in [0.1, 0.15) is 11.9 Å². The Bertz CT molecular complexity index is 903. The predicted molar refractivity (Wildman–Crippen MR) is 118 cm³/mol. The first-order valence-electron chi connectivity index (χ1n) is 10.8. The van der Waals surface area contributed by atoms with Gasteiger partial charge >= 0.3 is 0 Å². The highest BCUT2D eigenvalue weighted by molar-refractivity contribution is 6.04. The van der Waals surface area contributed by atoms with Crippen molar-refractivity contribution in [3.8, 4) is 0 Å². The number of aromatic nitrogens is 3. The van der Waals surface area contributed by atoms with Crippen molar-refractivity contribution in [1.82, 2.24) is 14.8 Å². The zero-order valence-electron chi connectivity index (χ0n) is 18.3. The zero-order chi connectivity index (χ0) is 21.3. The summed E-state index contributed by atoms with van der Waals surface area (Å²) >= 11 is 0. The van der Waals surface area contributed by atoms with Crippen LogP contribution in [0.3, 0.4) is 0 Å². The Morgan fingerprint density at radius 2 is 2.20 bits per heavy atom. The van der Waals surface area contributed by atoms with E-state index in [1.54, 1.807) is 0 Å². The Balaban J connectivity index is 1.43. The van der Waals surface area contributed by atoms with E-state index in [2.05, 4.69) is 45.7 Å². The number of carbonyl (C=O) groups is 1. The third kappa shape index (κ3) is 4.28. The lowest BCUT2D eigenvalue weighted by atomic mass is 9.98. The van der Waals surface area contributed by atoms with Crippen LogP contribution in [0.15, 0.2) is 18.5 Å². The second-order valence-electron chi connectivity index (χ2n) is 8.69. The van der Waals surface area contributed by atoms with Gasteiger partial charge in [-0.3, -0.25) is 9.48 Å². The number of carbonyl (C=O) groups excluding carboxylic acids is 1. The van der Waals surface area contributed by atoms with Crippen LogP contribution in [0.5, 0.6) is 0 Å². The van der Waals surface area contributed by atoms with Crippen LogP contribution in [0.25, 0.3) is 0 Å². The van der Waals surface area contributed by atoms with Crippen molar-refractivity contribution in [2.45, 2.75) is 65.3 Å². The van der Waals surface area contributed by atoms with Crippen LogP contribution in [-0.4, -0.2) is 46.5 Å². The molecule has 8 heteroatoms. The van der Waals surface area contributed by atoms with Crippen molar-refractivity contribution in [3.05, 3.63) is 29.7 Å². The monoisotopic (exact) mass is 412 g/mol. The van der Waals surface area contributed by atoms with E-state index in [1.807, 2.05) is 30.9 Å². The van der Waals surface area contributed by atoms with E-state index in [9.17, 15) is 4.79 Å². The molecule has 1 amide bonds. The topological polar surface area (TPSA) is 84.3 Å². The van der Waals surface area contributed by atoms with Crippen LogP contribution in [-0.2, 0) is 22.6 Å². The van der Waals surface area contributed by atoms with Gasteiger partial charge in [-0.05, 0) is 32.1 Å². The molecule has 2 N–H and O–H groups in total. The zero-order valence-corrected chi connectivity index (χ0v) is 18.3. The fourth-order valence-corrected chi connectivity index (χ4v) is 4.40. The molecule has 0 bridgehead atoms. The molecule has 2 aromatic heterocycles. The second-order valence-corrected chi connectivity index (χ2v) is 8.69.